The third-order valence-electron chi connectivity index (χ3n) is 5.21. The van der Waals surface area contributed by atoms with Crippen LogP contribution in [0.1, 0.15) is 5.56 Å². The molecule has 0 atom stereocenters. The molecule has 0 radical (unpaired) electrons. The van der Waals surface area contributed by atoms with E-state index in [4.69, 9.17) is 9.47 Å². The van der Waals surface area contributed by atoms with Crippen molar-refractivity contribution in [3.63, 3.8) is 0 Å². The second-order valence-electron chi connectivity index (χ2n) is 7.82. The number of rotatable bonds is 7. The smallest absolute Gasteiger partial charge is 0.335 e. The number of methoxy groups -OCH3 is 1. The minimum absolute atomic E-state index is 0.0410. The Hall–Kier alpha value is -4.33. The summed E-state index contributed by atoms with van der Waals surface area (Å²) < 4.78 is 38.2. The molecule has 194 valence electrons. The van der Waals surface area contributed by atoms with E-state index in [9.17, 15) is 28.0 Å². The molecule has 3 aromatic carbocycles. The maximum atomic E-state index is 13.7. The Kier molecular flexibility index (Phi) is 8.00. The highest BCUT2D eigenvalue weighted by molar-refractivity contribution is 14.1. The third-order valence-corrected chi connectivity index (χ3v) is 6.01. The minimum atomic E-state index is -1.00. The lowest BCUT2D eigenvalue weighted by Gasteiger charge is -2.26. The predicted octanol–water partition coefficient (Wildman–Crippen LogP) is 4.26. The molecule has 0 spiro atoms. The van der Waals surface area contributed by atoms with Gasteiger partial charge in [0.25, 0.3) is 17.7 Å². The quantitative estimate of drug-likeness (QED) is 0.229. The van der Waals surface area contributed by atoms with Crippen LogP contribution in [0.3, 0.4) is 0 Å². The molecule has 1 aliphatic heterocycles. The van der Waals surface area contributed by atoms with Gasteiger partial charge in [0.2, 0.25) is 0 Å². The van der Waals surface area contributed by atoms with E-state index in [1.807, 2.05) is 22.6 Å². The molecule has 3 aromatic rings. The van der Waals surface area contributed by atoms with Crippen molar-refractivity contribution in [1.82, 2.24) is 5.32 Å². The number of amides is 5. The summed E-state index contributed by atoms with van der Waals surface area (Å²) in [5.74, 6) is -3.00. The summed E-state index contributed by atoms with van der Waals surface area (Å²) in [6.45, 7) is -0.379. The van der Waals surface area contributed by atoms with Crippen LogP contribution in [0.4, 0.5) is 25.0 Å². The molecule has 0 aromatic heterocycles. The Morgan fingerprint density at radius 3 is 2.47 bits per heavy atom. The van der Waals surface area contributed by atoms with E-state index in [-0.39, 0.29) is 29.4 Å². The van der Waals surface area contributed by atoms with Gasteiger partial charge in [0, 0.05) is 5.69 Å². The summed E-state index contributed by atoms with van der Waals surface area (Å²) >= 11 is 1.93. The lowest BCUT2D eigenvalue weighted by atomic mass is 10.1. The van der Waals surface area contributed by atoms with Gasteiger partial charge in [-0.2, -0.15) is 0 Å². The van der Waals surface area contributed by atoms with Gasteiger partial charge in [-0.1, -0.05) is 6.07 Å². The first-order chi connectivity index (χ1) is 18.2. The maximum Gasteiger partial charge on any atom is 0.335 e. The zero-order valence-corrected chi connectivity index (χ0v) is 21.7. The zero-order chi connectivity index (χ0) is 27.4. The van der Waals surface area contributed by atoms with Gasteiger partial charge >= 0.3 is 6.03 Å². The molecule has 2 N–H and O–H groups in total. The summed E-state index contributed by atoms with van der Waals surface area (Å²) in [4.78, 5) is 50.8. The lowest BCUT2D eigenvalue weighted by Crippen LogP contribution is -2.54. The second-order valence-corrected chi connectivity index (χ2v) is 8.98. The highest BCUT2D eigenvalue weighted by Gasteiger charge is 2.37. The van der Waals surface area contributed by atoms with E-state index in [0.717, 1.165) is 12.1 Å². The topological polar surface area (TPSA) is 114 Å². The standard InChI is InChI=1S/C26H18F2IN3O6/c1-37-21-11-14(10-20(29)23(21)38-13-22(33)30-17-7-5-15(27)6-8-17)9-19-24(34)31-26(36)32(25(19)35)18-4-2-3-16(28)12-18/h2-12H,13H2,1H3,(H,30,33)(H,31,34,36)/b19-9+. The Labute approximate surface area is 228 Å². The predicted molar refractivity (Wildman–Crippen MR) is 142 cm³/mol. The Morgan fingerprint density at radius 2 is 1.79 bits per heavy atom. The number of urea groups is 1. The van der Waals surface area contributed by atoms with Gasteiger partial charge in [-0.15, -0.1) is 0 Å². The number of carbonyl (C=O) groups excluding carboxylic acids is 4. The largest absolute Gasteiger partial charge is 0.493 e. The third kappa shape index (κ3) is 5.96. The van der Waals surface area contributed by atoms with Crippen LogP contribution in [0.2, 0.25) is 0 Å². The van der Waals surface area contributed by atoms with Crippen molar-refractivity contribution in [3.8, 4) is 11.5 Å². The Bertz CT molecular complexity index is 1480. The fraction of sp³-hybridized carbons (Fsp3) is 0.0769. The molecule has 12 heteroatoms. The Balaban J connectivity index is 1.55. The second kappa shape index (κ2) is 11.4. The molecular weight excluding hydrogens is 615 g/mol. The van der Waals surface area contributed by atoms with Crippen molar-refractivity contribution < 1.29 is 37.4 Å². The van der Waals surface area contributed by atoms with Crippen LogP contribution in [-0.4, -0.2) is 37.5 Å². The van der Waals surface area contributed by atoms with E-state index in [0.29, 0.717) is 19.7 Å². The molecule has 5 amide bonds. The van der Waals surface area contributed by atoms with Gasteiger partial charge in [0.1, 0.15) is 17.2 Å². The van der Waals surface area contributed by atoms with Crippen molar-refractivity contribution in [1.29, 1.82) is 0 Å². The molecule has 1 saturated heterocycles. The van der Waals surface area contributed by atoms with E-state index in [2.05, 4.69) is 10.6 Å². The summed E-state index contributed by atoms with van der Waals surface area (Å²) in [5, 5.41) is 4.65. The van der Waals surface area contributed by atoms with E-state index in [1.54, 1.807) is 6.07 Å². The molecule has 0 bridgehead atoms. The molecule has 0 aliphatic carbocycles. The molecule has 1 fully saturated rings. The average Bonchev–Trinajstić information content (AvgIpc) is 2.87. The number of hydrogen-bond donors (Lipinski definition) is 2. The summed E-state index contributed by atoms with van der Waals surface area (Å²) in [7, 11) is 1.37. The first kappa shape index (κ1) is 26.7. The number of nitrogens with one attached hydrogen (secondary N) is 2. The minimum Gasteiger partial charge on any atom is -0.493 e. The van der Waals surface area contributed by atoms with Gasteiger partial charge in [-0.05, 0) is 88.8 Å². The average molecular weight is 633 g/mol. The fourth-order valence-electron chi connectivity index (χ4n) is 3.51. The molecule has 4 rings (SSSR count). The number of halogens is 3. The van der Waals surface area contributed by atoms with Crippen molar-refractivity contribution >= 4 is 63.8 Å². The maximum absolute atomic E-state index is 13.7. The first-order valence-electron chi connectivity index (χ1n) is 10.9. The van der Waals surface area contributed by atoms with Crippen LogP contribution in [0.15, 0.2) is 66.2 Å². The van der Waals surface area contributed by atoms with E-state index < -0.39 is 35.4 Å². The number of ether oxygens (including phenoxy) is 2. The summed E-state index contributed by atoms with van der Waals surface area (Å²) in [5.41, 5.74) is 0.353. The fourth-order valence-corrected chi connectivity index (χ4v) is 4.29. The highest BCUT2D eigenvalue weighted by atomic mass is 127. The van der Waals surface area contributed by atoms with Crippen LogP contribution in [0.25, 0.3) is 6.08 Å². The Morgan fingerprint density at radius 1 is 1.05 bits per heavy atom. The first-order valence-corrected chi connectivity index (χ1v) is 12.0. The van der Waals surface area contributed by atoms with Gasteiger partial charge < -0.3 is 14.8 Å². The van der Waals surface area contributed by atoms with Crippen LogP contribution >= 0.6 is 22.6 Å². The van der Waals surface area contributed by atoms with Crippen LogP contribution in [0, 0.1) is 15.2 Å². The number of imide groups is 2. The number of barbiturate groups is 1. The van der Waals surface area contributed by atoms with Crippen LogP contribution in [0.5, 0.6) is 11.5 Å². The number of carbonyl (C=O) groups is 4. The zero-order valence-electron chi connectivity index (χ0n) is 19.6. The molecule has 0 unspecified atom stereocenters. The number of hydrogen-bond acceptors (Lipinski definition) is 6. The molecule has 1 aliphatic rings. The molecule has 0 saturated carbocycles. The molecule has 38 heavy (non-hydrogen) atoms. The molecular formula is C26H18F2IN3O6. The summed E-state index contributed by atoms with van der Waals surface area (Å²) in [6.07, 6.45) is 1.26. The molecule has 9 nitrogen and oxygen atoms in total. The van der Waals surface area contributed by atoms with Gasteiger partial charge in [0.05, 0.1) is 16.4 Å². The van der Waals surface area contributed by atoms with Gasteiger partial charge in [-0.3, -0.25) is 19.7 Å². The van der Waals surface area contributed by atoms with Crippen molar-refractivity contribution in [2.75, 3.05) is 23.9 Å². The molecule has 1 heterocycles. The van der Waals surface area contributed by atoms with Gasteiger partial charge in [-0.25, -0.2) is 18.5 Å². The highest BCUT2D eigenvalue weighted by Crippen LogP contribution is 2.35. The lowest BCUT2D eigenvalue weighted by molar-refractivity contribution is -0.122. The van der Waals surface area contributed by atoms with Crippen molar-refractivity contribution in [3.05, 3.63) is 87.0 Å². The van der Waals surface area contributed by atoms with Crippen molar-refractivity contribution in [2.24, 2.45) is 0 Å². The van der Waals surface area contributed by atoms with Crippen LogP contribution in [-0.2, 0) is 14.4 Å². The number of benzene rings is 3. The van der Waals surface area contributed by atoms with Gasteiger partial charge in [0.15, 0.2) is 18.1 Å². The number of nitrogens with zero attached hydrogens (tertiary/aromatic N) is 1. The number of anilines is 2. The normalized spacial score (nSPS) is 14.4. The van der Waals surface area contributed by atoms with E-state index in [1.165, 1.54) is 55.7 Å². The summed E-state index contributed by atoms with van der Waals surface area (Å²) in [6, 6.07) is 12.1. The van der Waals surface area contributed by atoms with Crippen molar-refractivity contribution in [2.45, 2.75) is 0 Å². The van der Waals surface area contributed by atoms with Crippen LogP contribution < -0.4 is 25.0 Å². The SMILES string of the molecule is COc1cc(/C=C2\C(=O)NC(=O)N(c3cccc(F)c3)C2=O)cc(I)c1OCC(=O)Nc1ccc(F)cc1. The van der Waals surface area contributed by atoms with E-state index >= 15 is 0 Å². The monoisotopic (exact) mass is 633 g/mol.